The van der Waals surface area contributed by atoms with Crippen LogP contribution < -0.4 is 5.32 Å². The Morgan fingerprint density at radius 2 is 1.03 bits per heavy atom. The van der Waals surface area contributed by atoms with E-state index in [9.17, 15) is 0 Å². The van der Waals surface area contributed by atoms with Crippen LogP contribution in [-0.2, 0) is 56.7 Å². The van der Waals surface area contributed by atoms with Gasteiger partial charge in [-0.25, -0.2) is 4.99 Å². The van der Waals surface area contributed by atoms with E-state index in [0.717, 1.165) is 50.1 Å². The summed E-state index contributed by atoms with van der Waals surface area (Å²) in [5, 5.41) is 3.66. The highest BCUT2D eigenvalue weighted by atomic mass is 31.2. The SMILES string of the molecule is CC1(C)O[C@@H]2[C@@H](O1)C(c1ccccc1)(c1ccccc1)OP(OCc1cccc(C/C(C3=N[C@@H](c4ccccc4)CO3)=C3/N[C@@H](c4ccccc4)CO3)c1)OC2(c1ccccc1)c1ccccc1. The van der Waals surface area contributed by atoms with E-state index in [2.05, 4.69) is 115 Å². The Morgan fingerprint density at radius 3 is 1.54 bits per heavy atom. The van der Waals surface area contributed by atoms with Gasteiger partial charge in [0, 0.05) is 6.42 Å². The molecule has 342 valence electrons. The number of aliphatic imine (C=N–C) groups is 1. The second-order valence-corrected chi connectivity index (χ2v) is 19.1. The van der Waals surface area contributed by atoms with Gasteiger partial charge in [0.15, 0.2) is 22.9 Å². The van der Waals surface area contributed by atoms with Gasteiger partial charge in [-0.15, -0.1) is 0 Å². The third-order valence-corrected chi connectivity index (χ3v) is 14.3. The average molecular weight is 921 g/mol. The summed E-state index contributed by atoms with van der Waals surface area (Å²) in [5.41, 5.74) is 6.21. The van der Waals surface area contributed by atoms with Gasteiger partial charge in [0.1, 0.15) is 31.5 Å². The number of fused-ring (bicyclic) bond motifs is 1. The van der Waals surface area contributed by atoms with Crippen LogP contribution in [0.2, 0.25) is 0 Å². The molecule has 4 atom stereocenters. The molecule has 0 spiro atoms. The lowest BCUT2D eigenvalue weighted by Gasteiger charge is -2.41. The number of nitrogens with zero attached hydrogens (tertiary/aromatic N) is 1. The van der Waals surface area contributed by atoms with Crippen LogP contribution in [-0.4, -0.2) is 37.1 Å². The quantitative estimate of drug-likeness (QED) is 0.121. The summed E-state index contributed by atoms with van der Waals surface area (Å²) in [7, 11) is -2.18. The summed E-state index contributed by atoms with van der Waals surface area (Å²) in [5.74, 6) is 0.251. The maximum Gasteiger partial charge on any atom is 0.335 e. The highest BCUT2D eigenvalue weighted by Crippen LogP contribution is 2.65. The molecule has 7 aromatic rings. The highest BCUT2D eigenvalue weighted by Gasteiger charge is 2.67. The minimum Gasteiger partial charge on any atom is -0.476 e. The Hall–Kier alpha value is -6.42. The van der Waals surface area contributed by atoms with E-state index in [1.54, 1.807) is 0 Å². The molecule has 3 fully saturated rings. The summed E-state index contributed by atoms with van der Waals surface area (Å²) < 4.78 is 49.4. The van der Waals surface area contributed by atoms with E-state index in [1.165, 1.54) is 0 Å². The van der Waals surface area contributed by atoms with E-state index in [0.29, 0.717) is 31.4 Å². The topological polar surface area (TPSA) is 89.0 Å². The van der Waals surface area contributed by atoms with E-state index in [4.69, 9.17) is 37.5 Å². The van der Waals surface area contributed by atoms with Crippen LogP contribution in [0.3, 0.4) is 0 Å². The normalized spacial score (nSPS) is 23.3. The van der Waals surface area contributed by atoms with Crippen LogP contribution >= 0.6 is 8.60 Å². The van der Waals surface area contributed by atoms with Gasteiger partial charge < -0.3 is 28.8 Å². The molecule has 3 saturated heterocycles. The minimum absolute atomic E-state index is 0.00562. The molecule has 0 aromatic heterocycles. The molecule has 0 amide bonds. The van der Waals surface area contributed by atoms with Crippen molar-refractivity contribution in [3.05, 3.63) is 262 Å². The summed E-state index contributed by atoms with van der Waals surface area (Å²) >= 11 is 0. The van der Waals surface area contributed by atoms with Crippen molar-refractivity contribution in [3.63, 3.8) is 0 Å². The van der Waals surface area contributed by atoms with Gasteiger partial charge in [0.25, 0.3) is 0 Å². The Morgan fingerprint density at radius 1 is 0.559 bits per heavy atom. The van der Waals surface area contributed by atoms with Crippen LogP contribution in [0.5, 0.6) is 0 Å². The fraction of sp³-hybridized carbons (Fsp3) is 0.224. The molecule has 11 rings (SSSR count). The molecule has 1 N–H and O–H groups in total. The maximum atomic E-state index is 7.57. The molecule has 0 radical (unpaired) electrons. The first-order valence-corrected chi connectivity index (χ1v) is 24.4. The summed E-state index contributed by atoms with van der Waals surface area (Å²) in [4.78, 5) is 5.13. The fourth-order valence-corrected chi connectivity index (χ4v) is 11.5. The Kier molecular flexibility index (Phi) is 12.3. The van der Waals surface area contributed by atoms with Crippen LogP contribution in [0.1, 0.15) is 70.4 Å². The molecule has 0 bridgehead atoms. The van der Waals surface area contributed by atoms with Crippen LogP contribution in [0, 0.1) is 0 Å². The molecule has 7 aromatic carbocycles. The first-order valence-electron chi connectivity index (χ1n) is 23.3. The molecule has 4 aliphatic heterocycles. The van der Waals surface area contributed by atoms with Gasteiger partial charge in [0.05, 0.1) is 18.2 Å². The monoisotopic (exact) mass is 920 g/mol. The zero-order chi connectivity index (χ0) is 46.0. The zero-order valence-electron chi connectivity index (χ0n) is 38.0. The average Bonchev–Trinajstić information content (AvgIpc) is 4.16. The zero-order valence-corrected chi connectivity index (χ0v) is 38.9. The summed E-state index contributed by atoms with van der Waals surface area (Å²) in [6.45, 7) is 5.05. The standard InChI is InChI=1S/C58H53N2O7P/c1-56(2)64-52-53(65-56)58(47-32-17-7-18-33-47,48-34-19-8-20-35-48)67-68(66-57(52,45-28-13-5-14-29-45)46-30-15-6-16-31-46)63-38-42-23-21-22-41(36-42)37-49(54-59-50(39-61-54)43-24-9-3-10-25-43)55-60-51(40-62-55)44-26-11-4-12-27-44/h3-36,50-53,59H,37-40H2,1-2H3/b54-49+/t50-,51-,52-,53-/m1/s1. The van der Waals surface area contributed by atoms with Crippen molar-refractivity contribution in [2.75, 3.05) is 13.2 Å². The molecule has 0 aliphatic carbocycles. The second kappa shape index (κ2) is 18.9. The van der Waals surface area contributed by atoms with Crippen molar-refractivity contribution in [2.24, 2.45) is 4.99 Å². The lowest BCUT2D eigenvalue weighted by atomic mass is 9.72. The maximum absolute atomic E-state index is 7.57. The van der Waals surface area contributed by atoms with Crippen molar-refractivity contribution in [2.45, 2.75) is 68.2 Å². The van der Waals surface area contributed by atoms with Gasteiger partial charge in [-0.3, -0.25) is 9.05 Å². The molecule has 10 heteroatoms. The Bertz CT molecular complexity index is 2690. The largest absolute Gasteiger partial charge is 0.476 e. The lowest BCUT2D eigenvalue weighted by Crippen LogP contribution is -2.53. The number of hydrogen-bond acceptors (Lipinski definition) is 9. The smallest absolute Gasteiger partial charge is 0.335 e. The second-order valence-electron chi connectivity index (χ2n) is 18.0. The van der Waals surface area contributed by atoms with Crippen molar-refractivity contribution in [1.82, 2.24) is 5.32 Å². The van der Waals surface area contributed by atoms with E-state index >= 15 is 0 Å². The lowest BCUT2D eigenvalue weighted by molar-refractivity contribution is -0.176. The van der Waals surface area contributed by atoms with Gasteiger partial charge in [0.2, 0.25) is 5.90 Å². The molecule has 4 aliphatic rings. The molecule has 68 heavy (non-hydrogen) atoms. The van der Waals surface area contributed by atoms with Crippen molar-refractivity contribution < 1.29 is 32.5 Å². The molecule has 0 unspecified atom stereocenters. The third kappa shape index (κ3) is 8.56. The summed E-state index contributed by atoms with van der Waals surface area (Å²) in [6.07, 6.45) is -0.906. The van der Waals surface area contributed by atoms with E-state index in [-0.39, 0.29) is 18.7 Å². The van der Waals surface area contributed by atoms with Gasteiger partial charge in [-0.2, -0.15) is 0 Å². The van der Waals surface area contributed by atoms with Crippen molar-refractivity contribution >= 4 is 14.5 Å². The number of nitrogens with one attached hydrogen (secondary N) is 1. The molecule has 4 heterocycles. The van der Waals surface area contributed by atoms with E-state index < -0.39 is 37.8 Å². The first kappa shape index (κ1) is 44.1. The number of hydrogen-bond donors (Lipinski definition) is 1. The van der Waals surface area contributed by atoms with E-state index in [1.807, 2.05) is 111 Å². The van der Waals surface area contributed by atoms with Crippen molar-refractivity contribution in [1.29, 1.82) is 0 Å². The fourth-order valence-electron chi connectivity index (χ4n) is 9.96. The van der Waals surface area contributed by atoms with Crippen LogP contribution in [0.4, 0.5) is 0 Å². The van der Waals surface area contributed by atoms with Crippen molar-refractivity contribution in [3.8, 4) is 0 Å². The molecule has 0 saturated carbocycles. The first-order chi connectivity index (χ1) is 33.4. The molecular formula is C58H53N2O7P. The Balaban J connectivity index is 0.973. The minimum atomic E-state index is -2.18. The number of ether oxygens (including phenoxy) is 4. The summed E-state index contributed by atoms with van der Waals surface area (Å²) in [6, 6.07) is 69.9. The number of benzene rings is 7. The third-order valence-electron chi connectivity index (χ3n) is 13.1. The van der Waals surface area contributed by atoms with Gasteiger partial charge >= 0.3 is 8.60 Å². The molecule has 9 nitrogen and oxygen atoms in total. The predicted octanol–water partition coefficient (Wildman–Crippen LogP) is 12.2. The number of rotatable bonds is 12. The molecular weight excluding hydrogens is 868 g/mol. The Labute approximate surface area is 399 Å². The van der Waals surface area contributed by atoms with Crippen LogP contribution in [0.25, 0.3) is 0 Å². The van der Waals surface area contributed by atoms with Gasteiger partial charge in [-0.05, 0) is 58.4 Å². The van der Waals surface area contributed by atoms with Gasteiger partial charge in [-0.1, -0.05) is 206 Å². The predicted molar refractivity (Wildman–Crippen MR) is 263 cm³/mol. The highest BCUT2D eigenvalue weighted by molar-refractivity contribution is 7.41. The van der Waals surface area contributed by atoms with Crippen LogP contribution in [0.15, 0.2) is 223 Å².